The first-order valence-electron chi connectivity index (χ1n) is 8.73. The standard InChI is InChI=1S/C16H34O5P2/c1-3-5-7-8-9-10-11-12-14-16(23(19,20)21)22(17,18)15-13-6-4-2/h4,16H,2-3,5-15H2,1H3,(H,17,18)(H2,19,20,21). The lowest BCUT2D eigenvalue weighted by Crippen LogP contribution is -2.12. The Morgan fingerprint density at radius 1 is 0.913 bits per heavy atom. The van der Waals surface area contributed by atoms with Crippen LogP contribution in [0.4, 0.5) is 0 Å². The molecule has 3 N–H and O–H groups in total. The lowest BCUT2D eigenvalue weighted by Gasteiger charge is -2.24. The van der Waals surface area contributed by atoms with Gasteiger partial charge in [0.05, 0.1) is 0 Å². The van der Waals surface area contributed by atoms with E-state index in [0.29, 0.717) is 19.3 Å². The van der Waals surface area contributed by atoms with Crippen molar-refractivity contribution in [3.8, 4) is 0 Å². The molecule has 0 aliphatic rings. The van der Waals surface area contributed by atoms with Gasteiger partial charge in [-0.05, 0) is 19.3 Å². The molecule has 0 spiro atoms. The maximum Gasteiger partial charge on any atom is 0.338 e. The van der Waals surface area contributed by atoms with E-state index >= 15 is 0 Å². The van der Waals surface area contributed by atoms with Gasteiger partial charge >= 0.3 is 7.60 Å². The summed E-state index contributed by atoms with van der Waals surface area (Å²) >= 11 is 0. The van der Waals surface area contributed by atoms with Crippen molar-refractivity contribution in [2.45, 2.75) is 83.0 Å². The summed E-state index contributed by atoms with van der Waals surface area (Å²) in [5, 5.41) is -1.40. The summed E-state index contributed by atoms with van der Waals surface area (Å²) in [5.41, 5.74) is 0. The number of unbranched alkanes of at least 4 members (excludes halogenated alkanes) is 8. The maximum absolute atomic E-state index is 12.3. The first-order valence-corrected chi connectivity index (χ1v) is 12.3. The Balaban J connectivity index is 4.24. The van der Waals surface area contributed by atoms with Crippen LogP contribution >= 0.6 is 15.0 Å². The van der Waals surface area contributed by atoms with Crippen molar-refractivity contribution >= 4 is 15.0 Å². The molecule has 7 heteroatoms. The zero-order valence-corrected chi connectivity index (χ0v) is 16.2. The van der Waals surface area contributed by atoms with Crippen molar-refractivity contribution in [1.29, 1.82) is 0 Å². The van der Waals surface area contributed by atoms with E-state index in [9.17, 15) is 23.8 Å². The topological polar surface area (TPSA) is 94.8 Å². The van der Waals surface area contributed by atoms with Crippen LogP contribution in [0.3, 0.4) is 0 Å². The SMILES string of the molecule is C=CCCCP(=O)(O)C(CCCCCCCCCC)P(=O)(O)O. The molecule has 5 nitrogen and oxygen atoms in total. The second-order valence-electron chi connectivity index (χ2n) is 6.24. The Morgan fingerprint density at radius 2 is 1.43 bits per heavy atom. The number of allylic oxidation sites excluding steroid dienone is 1. The highest BCUT2D eigenvalue weighted by Crippen LogP contribution is 2.64. The number of hydrogen-bond acceptors (Lipinski definition) is 2. The van der Waals surface area contributed by atoms with Crippen molar-refractivity contribution in [3.63, 3.8) is 0 Å². The van der Waals surface area contributed by atoms with Gasteiger partial charge in [0, 0.05) is 6.16 Å². The van der Waals surface area contributed by atoms with Crippen molar-refractivity contribution < 1.29 is 23.8 Å². The van der Waals surface area contributed by atoms with Crippen molar-refractivity contribution in [3.05, 3.63) is 12.7 Å². The van der Waals surface area contributed by atoms with Crippen molar-refractivity contribution in [2.75, 3.05) is 6.16 Å². The molecule has 2 unspecified atom stereocenters. The molecule has 0 heterocycles. The van der Waals surface area contributed by atoms with Gasteiger partial charge < -0.3 is 14.7 Å². The third-order valence-electron chi connectivity index (χ3n) is 4.06. The zero-order chi connectivity index (χ0) is 17.8. The van der Waals surface area contributed by atoms with Crippen LogP contribution in [0.25, 0.3) is 0 Å². The van der Waals surface area contributed by atoms with Gasteiger partial charge in [0.25, 0.3) is 0 Å². The highest BCUT2D eigenvalue weighted by atomic mass is 31.2. The number of hydrogen-bond donors (Lipinski definition) is 3. The molecule has 0 aliphatic heterocycles. The third-order valence-corrected chi connectivity index (χ3v) is 9.22. The molecule has 2 atom stereocenters. The Hall–Kier alpha value is 0.0800. The van der Waals surface area contributed by atoms with E-state index in [0.717, 1.165) is 19.3 Å². The Bertz CT molecular complexity index is 405. The molecular formula is C16H34O5P2. The lowest BCUT2D eigenvalue weighted by atomic mass is 10.1. The van der Waals surface area contributed by atoms with E-state index in [1.807, 2.05) is 0 Å². The molecule has 23 heavy (non-hydrogen) atoms. The minimum atomic E-state index is -4.56. The molecule has 0 fully saturated rings. The van der Waals surface area contributed by atoms with E-state index < -0.39 is 20.4 Å². The van der Waals surface area contributed by atoms with Gasteiger partial charge in [-0.3, -0.25) is 9.13 Å². The first kappa shape index (κ1) is 23.1. The molecule has 0 aromatic carbocycles. The van der Waals surface area contributed by atoms with Crippen LogP contribution in [-0.2, 0) is 9.13 Å². The quantitative estimate of drug-likeness (QED) is 0.208. The van der Waals surface area contributed by atoms with Gasteiger partial charge in [-0.2, -0.15) is 0 Å². The van der Waals surface area contributed by atoms with Crippen LogP contribution in [0.1, 0.15) is 77.6 Å². The smallest absolute Gasteiger partial charge is 0.338 e. The molecule has 0 aromatic rings. The molecule has 0 saturated heterocycles. The fraction of sp³-hybridized carbons (Fsp3) is 0.875. The van der Waals surface area contributed by atoms with E-state index in [1.54, 1.807) is 6.08 Å². The monoisotopic (exact) mass is 368 g/mol. The summed E-state index contributed by atoms with van der Waals surface area (Å²) in [7, 11) is -8.39. The fourth-order valence-electron chi connectivity index (χ4n) is 2.68. The summed E-state index contributed by atoms with van der Waals surface area (Å²) < 4.78 is 23.9. The lowest BCUT2D eigenvalue weighted by molar-refractivity contribution is 0.358. The molecular weight excluding hydrogens is 334 g/mol. The summed E-state index contributed by atoms with van der Waals surface area (Å²) in [6.45, 7) is 5.72. The first-order chi connectivity index (χ1) is 10.8. The maximum atomic E-state index is 12.3. The minimum absolute atomic E-state index is 0.0498. The number of rotatable bonds is 15. The van der Waals surface area contributed by atoms with Gasteiger partial charge in [0.1, 0.15) is 5.40 Å². The molecule has 0 bridgehead atoms. The van der Waals surface area contributed by atoms with Gasteiger partial charge in [0.2, 0.25) is 7.37 Å². The zero-order valence-electron chi connectivity index (χ0n) is 14.4. The van der Waals surface area contributed by atoms with E-state index in [-0.39, 0.29) is 12.6 Å². The average Bonchev–Trinajstić information content (AvgIpc) is 2.44. The summed E-state index contributed by atoms with van der Waals surface area (Å²) in [6, 6.07) is 0. The molecule has 0 aliphatic carbocycles. The molecule has 0 radical (unpaired) electrons. The van der Waals surface area contributed by atoms with Crippen LogP contribution in [0.5, 0.6) is 0 Å². The van der Waals surface area contributed by atoms with Crippen molar-refractivity contribution in [1.82, 2.24) is 0 Å². The van der Waals surface area contributed by atoms with E-state index in [2.05, 4.69) is 13.5 Å². The minimum Gasteiger partial charge on any atom is -0.344 e. The Labute approximate surface area is 141 Å². The van der Waals surface area contributed by atoms with Crippen molar-refractivity contribution in [2.24, 2.45) is 0 Å². The van der Waals surface area contributed by atoms with E-state index in [4.69, 9.17) is 0 Å². The molecule has 0 rings (SSSR count). The van der Waals surface area contributed by atoms with Crippen LogP contribution < -0.4 is 0 Å². The van der Waals surface area contributed by atoms with Gasteiger partial charge in [0.15, 0.2) is 0 Å². The predicted octanol–water partition coefficient (Wildman–Crippen LogP) is 5.26. The van der Waals surface area contributed by atoms with Gasteiger partial charge in [-0.15, -0.1) is 6.58 Å². The summed E-state index contributed by atoms with van der Waals surface area (Å²) in [6.07, 6.45) is 11.2. The third kappa shape index (κ3) is 11.3. The van der Waals surface area contributed by atoms with Crippen LogP contribution in [0, 0.1) is 0 Å². The Kier molecular flexibility index (Phi) is 12.5. The van der Waals surface area contributed by atoms with Gasteiger partial charge in [-0.25, -0.2) is 0 Å². The highest BCUT2D eigenvalue weighted by molar-refractivity contribution is 7.73. The average molecular weight is 368 g/mol. The highest BCUT2D eigenvalue weighted by Gasteiger charge is 2.42. The second kappa shape index (κ2) is 12.4. The fourth-order valence-corrected chi connectivity index (χ4v) is 6.94. The Morgan fingerprint density at radius 3 is 1.91 bits per heavy atom. The summed E-state index contributed by atoms with van der Waals surface area (Å²) in [4.78, 5) is 28.9. The predicted molar refractivity (Wildman–Crippen MR) is 97.2 cm³/mol. The summed E-state index contributed by atoms with van der Waals surface area (Å²) in [5.74, 6) is 0. The van der Waals surface area contributed by atoms with E-state index in [1.165, 1.54) is 25.7 Å². The van der Waals surface area contributed by atoms with Crippen LogP contribution in [0.2, 0.25) is 0 Å². The normalized spacial score (nSPS) is 16.0. The largest absolute Gasteiger partial charge is 0.344 e. The van der Waals surface area contributed by atoms with Crippen LogP contribution in [0.15, 0.2) is 12.7 Å². The second-order valence-corrected chi connectivity index (χ2v) is 11.0. The molecule has 0 amide bonds. The molecule has 138 valence electrons. The molecule has 0 aromatic heterocycles. The van der Waals surface area contributed by atoms with Crippen LogP contribution in [-0.4, -0.2) is 26.2 Å². The molecule has 0 saturated carbocycles. The van der Waals surface area contributed by atoms with Gasteiger partial charge in [-0.1, -0.05) is 64.4 Å².